The van der Waals surface area contributed by atoms with Crippen molar-refractivity contribution < 1.29 is 9.47 Å². The van der Waals surface area contributed by atoms with E-state index in [4.69, 9.17) is 14.7 Å². The van der Waals surface area contributed by atoms with Crippen LogP contribution in [0.2, 0.25) is 0 Å². The third-order valence-electron chi connectivity index (χ3n) is 1.98. The van der Waals surface area contributed by atoms with Gasteiger partial charge in [-0.3, -0.25) is 0 Å². The van der Waals surface area contributed by atoms with Crippen LogP contribution in [-0.2, 0) is 0 Å². The molecular weight excluding hydrogens is 282 g/mol. The lowest BCUT2D eigenvalue weighted by Gasteiger charge is -2.12. The maximum absolute atomic E-state index is 8.57. The van der Waals surface area contributed by atoms with Crippen LogP contribution in [0, 0.1) is 11.3 Å². The highest BCUT2D eigenvalue weighted by molar-refractivity contribution is 9.10. The summed E-state index contributed by atoms with van der Waals surface area (Å²) < 4.78 is 11.8. The van der Waals surface area contributed by atoms with Crippen LogP contribution in [0.5, 0.6) is 11.5 Å². The van der Waals surface area contributed by atoms with Crippen molar-refractivity contribution in [3.8, 4) is 17.6 Å². The van der Waals surface area contributed by atoms with Crippen molar-refractivity contribution >= 4 is 22.0 Å². The van der Waals surface area contributed by atoms with Gasteiger partial charge in [0, 0.05) is 11.6 Å². The molecule has 0 fully saturated rings. The average molecular weight is 296 g/mol. The molecule has 0 radical (unpaired) electrons. The van der Waals surface area contributed by atoms with E-state index in [1.807, 2.05) is 32.0 Å². The lowest BCUT2D eigenvalue weighted by molar-refractivity contribution is 0.328. The molecule has 0 aliphatic heterocycles. The van der Waals surface area contributed by atoms with Gasteiger partial charge in [-0.05, 0) is 48.0 Å². The fraction of sp³-hybridized carbons (Fsp3) is 0.308. The highest BCUT2D eigenvalue weighted by Crippen LogP contribution is 2.34. The van der Waals surface area contributed by atoms with Crippen LogP contribution in [0.1, 0.15) is 19.4 Å². The number of nitriles is 1. The van der Waals surface area contributed by atoms with Crippen LogP contribution >= 0.6 is 15.9 Å². The highest BCUT2D eigenvalue weighted by atomic mass is 79.9. The van der Waals surface area contributed by atoms with Crippen molar-refractivity contribution in [3.05, 3.63) is 28.2 Å². The molecule has 0 saturated heterocycles. The van der Waals surface area contributed by atoms with Gasteiger partial charge in [-0.25, -0.2) is 0 Å². The predicted molar refractivity (Wildman–Crippen MR) is 71.1 cm³/mol. The Kier molecular flexibility index (Phi) is 5.58. The molecule has 0 unspecified atom stereocenters. The molecule has 17 heavy (non-hydrogen) atoms. The van der Waals surface area contributed by atoms with Crippen molar-refractivity contribution in [1.29, 1.82) is 5.26 Å². The fourth-order valence-corrected chi connectivity index (χ4v) is 1.96. The summed E-state index contributed by atoms with van der Waals surface area (Å²) in [6.07, 6.45) is 3.12. The van der Waals surface area contributed by atoms with Gasteiger partial charge in [0.15, 0.2) is 0 Å². The van der Waals surface area contributed by atoms with Gasteiger partial charge in [-0.1, -0.05) is 0 Å². The maximum Gasteiger partial charge on any atom is 0.140 e. The first-order valence-corrected chi connectivity index (χ1v) is 6.17. The quantitative estimate of drug-likeness (QED) is 0.776. The summed E-state index contributed by atoms with van der Waals surface area (Å²) in [4.78, 5) is 0. The molecule has 1 aromatic carbocycles. The molecular formula is C13H14BrNO2. The summed E-state index contributed by atoms with van der Waals surface area (Å²) in [5.41, 5.74) is 0.825. The van der Waals surface area contributed by atoms with Gasteiger partial charge in [-0.2, -0.15) is 5.26 Å². The van der Waals surface area contributed by atoms with Crippen LogP contribution in [0.25, 0.3) is 6.08 Å². The van der Waals surface area contributed by atoms with E-state index in [-0.39, 0.29) is 0 Å². The van der Waals surface area contributed by atoms with E-state index in [0.29, 0.717) is 13.2 Å². The van der Waals surface area contributed by atoms with Crippen molar-refractivity contribution in [2.24, 2.45) is 0 Å². The van der Waals surface area contributed by atoms with E-state index < -0.39 is 0 Å². The Labute approximate surface area is 110 Å². The molecule has 4 heteroatoms. The van der Waals surface area contributed by atoms with E-state index in [0.717, 1.165) is 21.5 Å². The molecule has 0 N–H and O–H groups in total. The summed E-state index contributed by atoms with van der Waals surface area (Å²) in [5.74, 6) is 1.47. The van der Waals surface area contributed by atoms with E-state index >= 15 is 0 Å². The number of hydrogen-bond acceptors (Lipinski definition) is 3. The minimum Gasteiger partial charge on any atom is -0.494 e. The molecule has 0 heterocycles. The first kappa shape index (κ1) is 13.6. The smallest absolute Gasteiger partial charge is 0.140 e. The van der Waals surface area contributed by atoms with Gasteiger partial charge in [-0.15, -0.1) is 0 Å². The van der Waals surface area contributed by atoms with Crippen LogP contribution in [-0.4, -0.2) is 13.2 Å². The van der Waals surface area contributed by atoms with Crippen molar-refractivity contribution in [1.82, 2.24) is 0 Å². The fourth-order valence-electron chi connectivity index (χ4n) is 1.39. The average Bonchev–Trinajstić information content (AvgIpc) is 2.31. The molecule has 0 saturated carbocycles. The Hall–Kier alpha value is -1.47. The summed E-state index contributed by atoms with van der Waals surface area (Å²) in [7, 11) is 0. The number of ether oxygens (including phenoxy) is 2. The third kappa shape index (κ3) is 3.79. The van der Waals surface area contributed by atoms with Crippen LogP contribution in [0.3, 0.4) is 0 Å². The number of benzene rings is 1. The van der Waals surface area contributed by atoms with Gasteiger partial charge in [0.1, 0.15) is 11.5 Å². The minimum atomic E-state index is 0.569. The molecule has 0 bridgehead atoms. The van der Waals surface area contributed by atoms with E-state index in [1.54, 1.807) is 6.08 Å². The second-order valence-electron chi connectivity index (χ2n) is 3.15. The lowest BCUT2D eigenvalue weighted by atomic mass is 10.1. The molecule has 1 rings (SSSR count). The van der Waals surface area contributed by atoms with Crippen LogP contribution in [0.15, 0.2) is 22.7 Å². The molecule has 0 aliphatic rings. The number of hydrogen-bond donors (Lipinski definition) is 0. The van der Waals surface area contributed by atoms with Gasteiger partial charge in [0.05, 0.1) is 23.8 Å². The van der Waals surface area contributed by atoms with Crippen molar-refractivity contribution in [3.63, 3.8) is 0 Å². The topological polar surface area (TPSA) is 42.2 Å². The van der Waals surface area contributed by atoms with E-state index in [9.17, 15) is 0 Å². The van der Waals surface area contributed by atoms with Crippen LogP contribution in [0.4, 0.5) is 0 Å². The van der Waals surface area contributed by atoms with Crippen LogP contribution < -0.4 is 9.47 Å². The Morgan fingerprint density at radius 3 is 2.59 bits per heavy atom. The van der Waals surface area contributed by atoms with E-state index in [2.05, 4.69) is 15.9 Å². The zero-order valence-corrected chi connectivity index (χ0v) is 11.5. The number of halogens is 1. The number of nitrogens with zero attached hydrogens (tertiary/aromatic N) is 1. The summed E-state index contributed by atoms with van der Waals surface area (Å²) >= 11 is 3.44. The molecule has 90 valence electrons. The largest absolute Gasteiger partial charge is 0.494 e. The minimum absolute atomic E-state index is 0.569. The Balaban J connectivity index is 3.19. The second kappa shape index (κ2) is 6.97. The highest BCUT2D eigenvalue weighted by Gasteiger charge is 2.09. The molecule has 0 aliphatic carbocycles. The molecule has 0 atom stereocenters. The van der Waals surface area contributed by atoms with Gasteiger partial charge >= 0.3 is 0 Å². The van der Waals surface area contributed by atoms with E-state index in [1.165, 1.54) is 6.08 Å². The normalized spacial score (nSPS) is 10.2. The lowest BCUT2D eigenvalue weighted by Crippen LogP contribution is -1.97. The first-order valence-electron chi connectivity index (χ1n) is 5.38. The summed E-state index contributed by atoms with van der Waals surface area (Å²) in [6, 6.07) is 5.68. The molecule has 3 nitrogen and oxygen atoms in total. The van der Waals surface area contributed by atoms with Crippen molar-refractivity contribution in [2.45, 2.75) is 13.8 Å². The SMILES string of the molecule is CCOc1cc(Br)c(OCC)c(/C=C/C#N)c1. The van der Waals surface area contributed by atoms with Gasteiger partial charge in [0.2, 0.25) is 0 Å². The maximum atomic E-state index is 8.57. The van der Waals surface area contributed by atoms with Gasteiger partial charge < -0.3 is 9.47 Å². The van der Waals surface area contributed by atoms with Crippen molar-refractivity contribution in [2.75, 3.05) is 13.2 Å². The molecule has 1 aromatic rings. The first-order chi connectivity index (χ1) is 8.22. The Morgan fingerprint density at radius 2 is 2.00 bits per heavy atom. The Bertz CT molecular complexity index is 449. The Morgan fingerprint density at radius 1 is 1.29 bits per heavy atom. The predicted octanol–water partition coefficient (Wildman–Crippen LogP) is 3.78. The molecule has 0 aromatic heterocycles. The molecule has 0 amide bonds. The summed E-state index contributed by atoms with van der Waals surface area (Å²) in [6.45, 7) is 5.01. The third-order valence-corrected chi connectivity index (χ3v) is 2.57. The zero-order valence-electron chi connectivity index (χ0n) is 9.87. The number of allylic oxidation sites excluding steroid dienone is 1. The zero-order chi connectivity index (χ0) is 12.7. The monoisotopic (exact) mass is 295 g/mol. The second-order valence-corrected chi connectivity index (χ2v) is 4.01. The summed E-state index contributed by atoms with van der Waals surface area (Å²) in [5, 5.41) is 8.57. The number of rotatable bonds is 5. The van der Waals surface area contributed by atoms with Gasteiger partial charge in [0.25, 0.3) is 0 Å². The molecule has 0 spiro atoms. The standard InChI is InChI=1S/C13H14BrNO2/c1-3-16-11-8-10(6-5-7-15)13(17-4-2)12(14)9-11/h5-6,8-9H,3-4H2,1-2H3/b6-5+.